The van der Waals surface area contributed by atoms with Gasteiger partial charge >= 0.3 is 0 Å². The fourth-order valence-corrected chi connectivity index (χ4v) is 7.18. The average Bonchev–Trinajstić information content (AvgIpc) is 2.75. The molecule has 4 aliphatic carbocycles. The molecule has 1 heterocycles. The highest BCUT2D eigenvalue weighted by Crippen LogP contribution is 2.61. The minimum atomic E-state index is -0.0870. The topological polar surface area (TPSA) is 64.0 Å². The maximum atomic E-state index is 13.1. The average molecular weight is 428 g/mol. The maximum absolute atomic E-state index is 13.1. The number of benzene rings is 2. The Kier molecular flexibility index (Phi) is 4.67. The molecule has 7 rings (SSSR count). The van der Waals surface area contributed by atoms with Gasteiger partial charge in [-0.15, -0.1) is 0 Å². The molecule has 4 bridgehead atoms. The van der Waals surface area contributed by atoms with Gasteiger partial charge in [-0.25, -0.2) is 4.98 Å². The molecule has 3 aromatic rings. The quantitative estimate of drug-likeness (QED) is 0.624. The van der Waals surface area contributed by atoms with Gasteiger partial charge in [0.15, 0.2) is 0 Å². The van der Waals surface area contributed by atoms with E-state index in [0.717, 1.165) is 23.3 Å². The Balaban J connectivity index is 1.21. The van der Waals surface area contributed by atoms with Crippen LogP contribution in [-0.4, -0.2) is 15.5 Å². The molecule has 0 atom stereocenters. The first-order valence-corrected chi connectivity index (χ1v) is 11.9. The van der Waals surface area contributed by atoms with Crippen LogP contribution in [0.5, 0.6) is 0 Å². The summed E-state index contributed by atoms with van der Waals surface area (Å²) in [6.45, 7) is 0.477. The van der Waals surface area contributed by atoms with Gasteiger partial charge in [-0.05, 0) is 85.5 Å². The molecule has 0 spiro atoms. The van der Waals surface area contributed by atoms with E-state index in [-0.39, 0.29) is 16.9 Å². The summed E-state index contributed by atoms with van der Waals surface area (Å²) >= 11 is 0. The van der Waals surface area contributed by atoms with Crippen LogP contribution in [-0.2, 0) is 11.3 Å². The molecule has 1 amide bonds. The van der Waals surface area contributed by atoms with Crippen molar-refractivity contribution in [1.82, 2.24) is 9.55 Å². The van der Waals surface area contributed by atoms with Crippen molar-refractivity contribution < 1.29 is 4.79 Å². The van der Waals surface area contributed by atoms with E-state index in [1.165, 1.54) is 38.5 Å². The van der Waals surface area contributed by atoms with Gasteiger partial charge in [-0.1, -0.05) is 30.3 Å². The lowest BCUT2D eigenvalue weighted by molar-refractivity contribution is -0.124. The molecule has 32 heavy (non-hydrogen) atoms. The van der Waals surface area contributed by atoms with Gasteiger partial charge in [-0.3, -0.25) is 14.2 Å². The molecular formula is C27H29N3O2. The minimum Gasteiger partial charge on any atom is -0.326 e. The molecule has 0 saturated heterocycles. The number of fused-ring (bicyclic) bond motifs is 1. The molecular weight excluding hydrogens is 398 g/mol. The molecule has 4 saturated carbocycles. The number of anilines is 1. The van der Waals surface area contributed by atoms with E-state index in [1.54, 1.807) is 17.0 Å². The number of rotatable bonds is 5. The van der Waals surface area contributed by atoms with Gasteiger partial charge in [0.2, 0.25) is 5.91 Å². The normalized spacial score (nSPS) is 28.2. The molecule has 4 fully saturated rings. The van der Waals surface area contributed by atoms with Crippen LogP contribution in [0.2, 0.25) is 0 Å². The van der Waals surface area contributed by atoms with Crippen LogP contribution in [0.4, 0.5) is 5.69 Å². The summed E-state index contributed by atoms with van der Waals surface area (Å²) in [6, 6.07) is 15.3. The summed E-state index contributed by atoms with van der Waals surface area (Å²) in [7, 11) is 0. The lowest BCUT2D eigenvalue weighted by atomic mass is 9.49. The second-order valence-electron chi connectivity index (χ2n) is 10.5. The first-order valence-electron chi connectivity index (χ1n) is 11.9. The SMILES string of the molecule is O=C(CC12CC3CC(CC(C3)C1)C2)Nc1ccc2ncn(Cc3ccccc3)c(=O)c2c1. The summed E-state index contributed by atoms with van der Waals surface area (Å²) < 4.78 is 1.62. The Morgan fingerprint density at radius 3 is 2.38 bits per heavy atom. The van der Waals surface area contributed by atoms with Crippen molar-refractivity contribution in [2.75, 3.05) is 5.32 Å². The van der Waals surface area contributed by atoms with Crippen molar-refractivity contribution in [3.05, 3.63) is 70.8 Å². The summed E-state index contributed by atoms with van der Waals surface area (Å²) in [6.07, 6.45) is 10.0. The molecule has 164 valence electrons. The summed E-state index contributed by atoms with van der Waals surface area (Å²) in [5.41, 5.74) is 2.51. The van der Waals surface area contributed by atoms with Crippen LogP contribution in [0.25, 0.3) is 10.9 Å². The third-order valence-electron chi connectivity index (χ3n) is 8.00. The van der Waals surface area contributed by atoms with Crippen molar-refractivity contribution in [2.45, 2.75) is 51.5 Å². The highest BCUT2D eigenvalue weighted by Gasteiger charge is 2.51. The largest absolute Gasteiger partial charge is 0.326 e. The van der Waals surface area contributed by atoms with Gasteiger partial charge in [0, 0.05) is 12.1 Å². The Morgan fingerprint density at radius 1 is 1.00 bits per heavy atom. The first-order chi connectivity index (χ1) is 15.6. The fraction of sp³-hybridized carbons (Fsp3) is 0.444. The van der Waals surface area contributed by atoms with E-state index in [0.29, 0.717) is 29.6 Å². The molecule has 2 aromatic carbocycles. The Hall–Kier alpha value is -2.95. The van der Waals surface area contributed by atoms with Crippen LogP contribution in [0, 0.1) is 23.2 Å². The summed E-state index contributed by atoms with van der Waals surface area (Å²) in [5, 5.41) is 3.63. The zero-order valence-electron chi connectivity index (χ0n) is 18.3. The zero-order valence-corrected chi connectivity index (χ0v) is 18.3. The number of carbonyl (C=O) groups excluding carboxylic acids is 1. The predicted molar refractivity (Wildman–Crippen MR) is 125 cm³/mol. The number of nitrogens with zero attached hydrogens (tertiary/aromatic N) is 2. The number of nitrogens with one attached hydrogen (secondary N) is 1. The number of aromatic nitrogens is 2. The molecule has 1 N–H and O–H groups in total. The molecule has 0 unspecified atom stereocenters. The van der Waals surface area contributed by atoms with E-state index in [4.69, 9.17) is 0 Å². The zero-order chi connectivity index (χ0) is 21.7. The highest BCUT2D eigenvalue weighted by atomic mass is 16.1. The summed E-state index contributed by atoms with van der Waals surface area (Å²) in [4.78, 5) is 30.6. The van der Waals surface area contributed by atoms with E-state index in [9.17, 15) is 9.59 Å². The lowest BCUT2D eigenvalue weighted by Crippen LogP contribution is -2.47. The Labute approximate surface area is 187 Å². The van der Waals surface area contributed by atoms with Crippen molar-refractivity contribution in [2.24, 2.45) is 23.2 Å². The molecule has 1 aromatic heterocycles. The second kappa shape index (κ2) is 7.58. The van der Waals surface area contributed by atoms with Gasteiger partial charge in [0.05, 0.1) is 23.8 Å². The van der Waals surface area contributed by atoms with Gasteiger partial charge in [-0.2, -0.15) is 0 Å². The van der Waals surface area contributed by atoms with Gasteiger partial charge in [0.1, 0.15) is 0 Å². The number of carbonyl (C=O) groups is 1. The molecule has 5 nitrogen and oxygen atoms in total. The maximum Gasteiger partial charge on any atom is 0.261 e. The number of hydrogen-bond acceptors (Lipinski definition) is 3. The van der Waals surface area contributed by atoms with Crippen LogP contribution in [0.3, 0.4) is 0 Å². The van der Waals surface area contributed by atoms with Crippen molar-refractivity contribution in [1.29, 1.82) is 0 Å². The Morgan fingerprint density at radius 2 is 1.69 bits per heavy atom. The van der Waals surface area contributed by atoms with E-state index in [1.807, 2.05) is 42.5 Å². The van der Waals surface area contributed by atoms with E-state index >= 15 is 0 Å². The molecule has 4 aliphatic rings. The third kappa shape index (κ3) is 3.64. The Bertz CT molecular complexity index is 1200. The van der Waals surface area contributed by atoms with Crippen molar-refractivity contribution >= 4 is 22.5 Å². The van der Waals surface area contributed by atoms with Crippen molar-refractivity contribution in [3.8, 4) is 0 Å². The van der Waals surface area contributed by atoms with Crippen LogP contribution >= 0.6 is 0 Å². The number of hydrogen-bond donors (Lipinski definition) is 1. The fourth-order valence-electron chi connectivity index (χ4n) is 7.18. The third-order valence-corrected chi connectivity index (χ3v) is 8.00. The minimum absolute atomic E-state index is 0.0831. The standard InChI is InChI=1S/C27H29N3O2/c31-25(15-27-12-19-8-20(13-27)10-21(9-19)14-27)29-22-6-7-24-23(11-22)26(32)30(17-28-24)16-18-4-2-1-3-5-18/h1-7,11,17,19-21H,8-10,12-16H2,(H,29,31). The monoisotopic (exact) mass is 427 g/mol. The van der Waals surface area contributed by atoms with Crippen molar-refractivity contribution in [3.63, 3.8) is 0 Å². The van der Waals surface area contributed by atoms with E-state index in [2.05, 4.69) is 10.3 Å². The summed E-state index contributed by atoms with van der Waals surface area (Å²) in [5.74, 6) is 2.59. The van der Waals surface area contributed by atoms with Gasteiger partial charge < -0.3 is 5.32 Å². The van der Waals surface area contributed by atoms with Crippen LogP contribution in [0.15, 0.2) is 59.7 Å². The number of amides is 1. The van der Waals surface area contributed by atoms with Crippen LogP contribution in [0.1, 0.15) is 50.5 Å². The smallest absolute Gasteiger partial charge is 0.261 e. The second-order valence-corrected chi connectivity index (χ2v) is 10.5. The molecule has 0 aliphatic heterocycles. The molecule has 5 heteroatoms. The first kappa shape index (κ1) is 19.7. The highest BCUT2D eigenvalue weighted by molar-refractivity contribution is 5.93. The van der Waals surface area contributed by atoms with Gasteiger partial charge in [0.25, 0.3) is 5.56 Å². The van der Waals surface area contributed by atoms with Crippen LogP contribution < -0.4 is 10.9 Å². The van der Waals surface area contributed by atoms with E-state index < -0.39 is 0 Å². The predicted octanol–water partition coefficient (Wildman–Crippen LogP) is 4.99. The lowest BCUT2D eigenvalue weighted by Gasteiger charge is -2.56. The molecule has 0 radical (unpaired) electrons.